The van der Waals surface area contributed by atoms with E-state index in [2.05, 4.69) is 5.32 Å². The van der Waals surface area contributed by atoms with E-state index < -0.39 is 5.54 Å². The normalized spacial score (nSPS) is 22.9. The molecule has 0 amide bonds. The van der Waals surface area contributed by atoms with Crippen LogP contribution < -0.4 is 5.32 Å². The Kier molecular flexibility index (Phi) is 3.45. The van der Waals surface area contributed by atoms with Crippen LogP contribution >= 0.6 is 0 Å². The summed E-state index contributed by atoms with van der Waals surface area (Å²) in [6.45, 7) is 3.49. The first-order chi connectivity index (χ1) is 8.24. The topological polar surface area (TPSA) is 47.6 Å². The Labute approximate surface area is 101 Å². The van der Waals surface area contributed by atoms with Gasteiger partial charge in [0, 0.05) is 0 Å². The van der Waals surface area contributed by atoms with Gasteiger partial charge in [0.1, 0.15) is 0 Å². The van der Waals surface area contributed by atoms with E-state index in [-0.39, 0.29) is 5.97 Å². The molecule has 0 aliphatic carbocycles. The summed E-state index contributed by atoms with van der Waals surface area (Å²) in [4.78, 5) is 12.1. The Morgan fingerprint density at radius 3 is 3.00 bits per heavy atom. The molecule has 0 bridgehead atoms. The number of hydrogen-bond acceptors (Lipinski definition) is 4. The summed E-state index contributed by atoms with van der Waals surface area (Å²) in [5.74, 6) is -0.300. The molecule has 1 aliphatic heterocycles. The van der Waals surface area contributed by atoms with Crippen molar-refractivity contribution in [3.8, 4) is 0 Å². The number of nitrogens with one attached hydrogen (secondary N) is 1. The van der Waals surface area contributed by atoms with Gasteiger partial charge < -0.3 is 9.47 Å². The molecule has 1 heterocycles. The molecule has 0 spiro atoms. The molecule has 1 aliphatic rings. The molecule has 0 saturated heterocycles. The van der Waals surface area contributed by atoms with Gasteiger partial charge in [0.25, 0.3) is 0 Å². The quantitative estimate of drug-likeness (QED) is 0.800. The molecule has 0 fully saturated rings. The van der Waals surface area contributed by atoms with E-state index >= 15 is 0 Å². The minimum absolute atomic E-state index is 0.300. The zero-order valence-corrected chi connectivity index (χ0v) is 10.2. The van der Waals surface area contributed by atoms with Gasteiger partial charge in [0.15, 0.2) is 5.54 Å². The zero-order valence-electron chi connectivity index (χ0n) is 10.2. The van der Waals surface area contributed by atoms with Crippen LogP contribution in [-0.4, -0.2) is 26.2 Å². The van der Waals surface area contributed by atoms with E-state index in [1.807, 2.05) is 31.2 Å². The number of esters is 1. The second-order valence-corrected chi connectivity index (χ2v) is 4.08. The lowest BCUT2D eigenvalue weighted by atomic mass is 9.85. The highest BCUT2D eigenvalue weighted by Crippen LogP contribution is 2.31. The number of rotatable bonds is 3. The molecule has 1 aromatic carbocycles. The standard InChI is InChI=1S/C13H17NO3/c1-3-14-13(12(15)16-2)9-17-8-10-6-4-5-7-11(10)13/h4-7,14H,3,8-9H2,1-2H3. The lowest BCUT2D eigenvalue weighted by Crippen LogP contribution is -2.55. The maximum Gasteiger partial charge on any atom is 0.333 e. The van der Waals surface area contributed by atoms with Crippen molar-refractivity contribution in [3.63, 3.8) is 0 Å². The third-order valence-corrected chi connectivity index (χ3v) is 3.07. The molecule has 1 atom stereocenters. The first-order valence-corrected chi connectivity index (χ1v) is 5.74. The average Bonchev–Trinajstić information content (AvgIpc) is 2.38. The Bertz CT molecular complexity index is 419. The van der Waals surface area contributed by atoms with Crippen LogP contribution in [0.1, 0.15) is 18.1 Å². The summed E-state index contributed by atoms with van der Waals surface area (Å²) in [5, 5.41) is 3.21. The molecule has 0 aromatic heterocycles. The molecular weight excluding hydrogens is 218 g/mol. The Morgan fingerprint density at radius 2 is 2.29 bits per heavy atom. The van der Waals surface area contributed by atoms with Crippen LogP contribution in [-0.2, 0) is 26.4 Å². The fourth-order valence-electron chi connectivity index (χ4n) is 2.32. The lowest BCUT2D eigenvalue weighted by Gasteiger charge is -2.36. The molecule has 4 heteroatoms. The van der Waals surface area contributed by atoms with Gasteiger partial charge in [-0.25, -0.2) is 4.79 Å². The van der Waals surface area contributed by atoms with Crippen LogP contribution in [0.15, 0.2) is 24.3 Å². The number of likely N-dealkylation sites (N-methyl/N-ethyl adjacent to an activating group) is 1. The minimum Gasteiger partial charge on any atom is -0.467 e. The number of ether oxygens (including phenoxy) is 2. The number of carbonyl (C=O) groups is 1. The Morgan fingerprint density at radius 1 is 1.53 bits per heavy atom. The number of methoxy groups -OCH3 is 1. The van der Waals surface area contributed by atoms with Gasteiger partial charge in [0.2, 0.25) is 0 Å². The predicted octanol–water partition coefficient (Wildman–Crippen LogP) is 1.19. The first-order valence-electron chi connectivity index (χ1n) is 5.74. The zero-order chi connectivity index (χ0) is 12.3. The van der Waals surface area contributed by atoms with Crippen molar-refractivity contribution in [2.75, 3.05) is 20.3 Å². The first kappa shape index (κ1) is 12.1. The Balaban J connectivity index is 2.50. The van der Waals surface area contributed by atoms with E-state index in [1.54, 1.807) is 0 Å². The summed E-state index contributed by atoms with van der Waals surface area (Å²) in [6.07, 6.45) is 0. The second kappa shape index (κ2) is 4.85. The van der Waals surface area contributed by atoms with Gasteiger partial charge >= 0.3 is 5.97 Å². The third-order valence-electron chi connectivity index (χ3n) is 3.07. The summed E-state index contributed by atoms with van der Waals surface area (Å²) in [5.41, 5.74) is 1.13. The molecule has 0 radical (unpaired) electrons. The monoisotopic (exact) mass is 235 g/mol. The lowest BCUT2D eigenvalue weighted by molar-refractivity contribution is -0.153. The van der Waals surface area contributed by atoms with Crippen molar-refractivity contribution in [2.24, 2.45) is 0 Å². The maximum absolute atomic E-state index is 12.1. The molecule has 2 rings (SSSR count). The van der Waals surface area contributed by atoms with Gasteiger partial charge in [-0.1, -0.05) is 31.2 Å². The molecule has 4 nitrogen and oxygen atoms in total. The highest BCUT2D eigenvalue weighted by atomic mass is 16.5. The van der Waals surface area contributed by atoms with E-state index in [4.69, 9.17) is 9.47 Å². The largest absolute Gasteiger partial charge is 0.467 e. The number of carbonyl (C=O) groups excluding carboxylic acids is 1. The van der Waals surface area contributed by atoms with E-state index in [0.29, 0.717) is 19.8 Å². The summed E-state index contributed by atoms with van der Waals surface area (Å²) in [7, 11) is 1.40. The predicted molar refractivity (Wildman–Crippen MR) is 63.5 cm³/mol. The SMILES string of the molecule is CCNC1(C(=O)OC)COCc2ccccc21. The van der Waals surface area contributed by atoms with Crippen LogP contribution in [0.4, 0.5) is 0 Å². The van der Waals surface area contributed by atoms with E-state index in [1.165, 1.54) is 7.11 Å². The molecule has 1 unspecified atom stereocenters. The molecular formula is C13H17NO3. The van der Waals surface area contributed by atoms with Crippen LogP contribution in [0, 0.1) is 0 Å². The van der Waals surface area contributed by atoms with Crippen LogP contribution in [0.3, 0.4) is 0 Å². The van der Waals surface area contributed by atoms with Gasteiger partial charge in [-0.15, -0.1) is 0 Å². The van der Waals surface area contributed by atoms with Crippen molar-refractivity contribution in [2.45, 2.75) is 19.1 Å². The van der Waals surface area contributed by atoms with Gasteiger partial charge in [-0.3, -0.25) is 5.32 Å². The van der Waals surface area contributed by atoms with Crippen molar-refractivity contribution in [3.05, 3.63) is 35.4 Å². The van der Waals surface area contributed by atoms with Crippen LogP contribution in [0.5, 0.6) is 0 Å². The van der Waals surface area contributed by atoms with Gasteiger partial charge in [0.05, 0.1) is 20.3 Å². The minimum atomic E-state index is -0.863. The highest BCUT2D eigenvalue weighted by molar-refractivity contribution is 5.83. The van der Waals surface area contributed by atoms with Crippen molar-refractivity contribution < 1.29 is 14.3 Å². The third kappa shape index (κ3) is 1.94. The number of hydrogen-bond donors (Lipinski definition) is 1. The van der Waals surface area contributed by atoms with Crippen molar-refractivity contribution >= 4 is 5.97 Å². The summed E-state index contributed by atoms with van der Waals surface area (Å²) < 4.78 is 10.4. The fraction of sp³-hybridized carbons (Fsp3) is 0.462. The summed E-state index contributed by atoms with van der Waals surface area (Å²) in [6, 6.07) is 7.81. The molecule has 1 N–H and O–H groups in total. The van der Waals surface area contributed by atoms with E-state index in [0.717, 1.165) is 11.1 Å². The van der Waals surface area contributed by atoms with Gasteiger partial charge in [-0.2, -0.15) is 0 Å². The second-order valence-electron chi connectivity index (χ2n) is 4.08. The van der Waals surface area contributed by atoms with Crippen LogP contribution in [0.2, 0.25) is 0 Å². The maximum atomic E-state index is 12.1. The fourth-order valence-corrected chi connectivity index (χ4v) is 2.32. The van der Waals surface area contributed by atoms with Crippen molar-refractivity contribution in [1.29, 1.82) is 0 Å². The number of benzene rings is 1. The molecule has 92 valence electrons. The van der Waals surface area contributed by atoms with Gasteiger partial charge in [-0.05, 0) is 17.7 Å². The van der Waals surface area contributed by atoms with Crippen molar-refractivity contribution in [1.82, 2.24) is 5.32 Å². The van der Waals surface area contributed by atoms with Crippen LogP contribution in [0.25, 0.3) is 0 Å². The average molecular weight is 235 g/mol. The molecule has 1 aromatic rings. The highest BCUT2D eigenvalue weighted by Gasteiger charge is 2.44. The summed E-state index contributed by atoms with van der Waals surface area (Å²) >= 11 is 0. The Hall–Kier alpha value is -1.39. The molecule has 17 heavy (non-hydrogen) atoms. The van der Waals surface area contributed by atoms with E-state index in [9.17, 15) is 4.79 Å². The molecule has 0 saturated carbocycles. The number of fused-ring (bicyclic) bond motifs is 1. The smallest absolute Gasteiger partial charge is 0.333 e.